The molecule has 2 saturated heterocycles. The number of halogens is 3. The summed E-state index contributed by atoms with van der Waals surface area (Å²) in [5.74, 6) is -3.42. The number of nitrogens with two attached hydrogens (primary N) is 1. The minimum absolute atomic E-state index is 0.00240. The van der Waals surface area contributed by atoms with Gasteiger partial charge in [0.25, 0.3) is 0 Å². The van der Waals surface area contributed by atoms with Crippen LogP contribution in [0.15, 0.2) is 12.1 Å². The molecule has 170 valence electrons. The molecule has 0 unspecified atom stereocenters. The van der Waals surface area contributed by atoms with Gasteiger partial charge in [0.1, 0.15) is 5.82 Å². The van der Waals surface area contributed by atoms with Crippen LogP contribution in [0.25, 0.3) is 0 Å². The van der Waals surface area contributed by atoms with Crippen molar-refractivity contribution in [3.05, 3.63) is 35.1 Å². The Morgan fingerprint density at radius 3 is 2.32 bits per heavy atom. The van der Waals surface area contributed by atoms with Crippen LogP contribution in [0.3, 0.4) is 0 Å². The highest BCUT2D eigenvalue weighted by molar-refractivity contribution is 5.80. The zero-order valence-electron chi connectivity index (χ0n) is 17.5. The van der Waals surface area contributed by atoms with Crippen molar-refractivity contribution in [2.45, 2.75) is 75.5 Å². The van der Waals surface area contributed by atoms with E-state index in [-0.39, 0.29) is 48.5 Å². The van der Waals surface area contributed by atoms with Crippen molar-refractivity contribution in [3.8, 4) is 0 Å². The topological polar surface area (TPSA) is 78.7 Å². The van der Waals surface area contributed by atoms with Crippen LogP contribution in [0.5, 0.6) is 0 Å². The lowest BCUT2D eigenvalue weighted by Gasteiger charge is -2.36. The summed E-state index contributed by atoms with van der Waals surface area (Å²) < 4.78 is 40.3. The minimum Gasteiger partial charge on any atom is -0.336 e. The van der Waals surface area contributed by atoms with E-state index in [9.17, 15) is 22.8 Å². The molecule has 31 heavy (non-hydrogen) atoms. The van der Waals surface area contributed by atoms with Gasteiger partial charge in [-0.15, -0.1) is 0 Å². The molecular weight excluding hydrogens is 409 g/mol. The third kappa shape index (κ3) is 4.81. The third-order valence-electron chi connectivity index (χ3n) is 6.76. The van der Waals surface area contributed by atoms with Gasteiger partial charge in [0, 0.05) is 37.7 Å². The minimum atomic E-state index is -1.25. The van der Waals surface area contributed by atoms with Gasteiger partial charge >= 0.3 is 6.03 Å². The van der Waals surface area contributed by atoms with Gasteiger partial charge in [-0.25, -0.2) is 18.0 Å². The Morgan fingerprint density at radius 2 is 1.65 bits per heavy atom. The molecule has 1 saturated carbocycles. The van der Waals surface area contributed by atoms with Crippen molar-refractivity contribution >= 4 is 11.9 Å². The van der Waals surface area contributed by atoms with Gasteiger partial charge in [0.2, 0.25) is 5.91 Å². The monoisotopic (exact) mass is 438 g/mol. The number of amides is 3. The van der Waals surface area contributed by atoms with Crippen LogP contribution in [0, 0.1) is 17.5 Å². The van der Waals surface area contributed by atoms with E-state index in [0.29, 0.717) is 19.2 Å². The standard InChI is InChI=1S/C22H29F3N4O2/c23-18-10-20(25)19(24)7-13(18)6-14(26)8-21(30)28-11-17-9-16(28)12-29(17)22(31)27-15-4-2-1-3-5-15/h7,10,14-17H,1-6,8-9,11-12,26H2,(H,27,31)/t14-,16+,17-/m1/s1. The van der Waals surface area contributed by atoms with Gasteiger partial charge < -0.3 is 20.9 Å². The number of nitrogens with zero attached hydrogens (tertiary/aromatic N) is 2. The summed E-state index contributed by atoms with van der Waals surface area (Å²) in [5, 5.41) is 3.13. The number of carbonyl (C=O) groups excluding carboxylic acids is 2. The molecule has 4 rings (SSSR count). The van der Waals surface area contributed by atoms with Crippen molar-refractivity contribution < 1.29 is 22.8 Å². The van der Waals surface area contributed by atoms with Crippen LogP contribution in [-0.4, -0.2) is 59.0 Å². The quantitative estimate of drug-likeness (QED) is 0.694. The number of urea groups is 1. The highest BCUT2D eigenvalue weighted by Gasteiger charge is 2.47. The summed E-state index contributed by atoms with van der Waals surface area (Å²) in [6, 6.07) is 0.724. The molecule has 0 radical (unpaired) electrons. The second-order valence-electron chi connectivity index (χ2n) is 9.05. The van der Waals surface area contributed by atoms with Crippen molar-refractivity contribution in [2.24, 2.45) is 5.73 Å². The molecule has 6 nitrogen and oxygen atoms in total. The number of carbonyl (C=O) groups is 2. The van der Waals surface area contributed by atoms with Gasteiger partial charge in [-0.1, -0.05) is 19.3 Å². The van der Waals surface area contributed by atoms with E-state index in [1.807, 2.05) is 4.90 Å². The van der Waals surface area contributed by atoms with Crippen molar-refractivity contribution in [3.63, 3.8) is 0 Å². The Balaban J connectivity index is 1.27. The zero-order chi connectivity index (χ0) is 22.1. The Morgan fingerprint density at radius 1 is 1.00 bits per heavy atom. The van der Waals surface area contributed by atoms with Crippen LogP contribution in [0.1, 0.15) is 50.5 Å². The molecule has 2 heterocycles. The summed E-state index contributed by atoms with van der Waals surface area (Å²) in [6.45, 7) is 0.968. The number of rotatable bonds is 5. The second kappa shape index (κ2) is 9.06. The molecule has 3 aliphatic rings. The maximum absolute atomic E-state index is 13.8. The van der Waals surface area contributed by atoms with E-state index in [4.69, 9.17) is 5.73 Å². The fourth-order valence-corrected chi connectivity index (χ4v) is 5.14. The average molecular weight is 438 g/mol. The zero-order valence-corrected chi connectivity index (χ0v) is 17.5. The normalized spacial score (nSPS) is 24.5. The van der Waals surface area contributed by atoms with E-state index in [1.165, 1.54) is 6.42 Å². The molecule has 9 heteroatoms. The molecule has 1 aromatic rings. The lowest BCUT2D eigenvalue weighted by molar-refractivity contribution is -0.133. The van der Waals surface area contributed by atoms with Crippen LogP contribution in [0.4, 0.5) is 18.0 Å². The summed E-state index contributed by atoms with van der Waals surface area (Å²) >= 11 is 0. The first kappa shape index (κ1) is 21.9. The lowest BCUT2D eigenvalue weighted by atomic mass is 9.96. The van der Waals surface area contributed by atoms with Crippen LogP contribution < -0.4 is 11.1 Å². The van der Waals surface area contributed by atoms with Crippen molar-refractivity contribution in [1.82, 2.24) is 15.1 Å². The van der Waals surface area contributed by atoms with Gasteiger partial charge in [0.15, 0.2) is 11.6 Å². The lowest BCUT2D eigenvalue weighted by Crippen LogP contribution is -2.55. The molecule has 1 aromatic carbocycles. The summed E-state index contributed by atoms with van der Waals surface area (Å²) in [7, 11) is 0. The Kier molecular flexibility index (Phi) is 6.41. The fourth-order valence-electron chi connectivity index (χ4n) is 5.14. The molecule has 1 aliphatic carbocycles. The van der Waals surface area contributed by atoms with Crippen LogP contribution in [-0.2, 0) is 11.2 Å². The van der Waals surface area contributed by atoms with Gasteiger partial charge in [0.05, 0.1) is 12.1 Å². The predicted molar refractivity (Wildman–Crippen MR) is 109 cm³/mol. The molecule has 0 spiro atoms. The molecule has 3 amide bonds. The predicted octanol–water partition coefficient (Wildman–Crippen LogP) is 2.69. The Labute approximate surface area is 179 Å². The third-order valence-corrected chi connectivity index (χ3v) is 6.76. The highest BCUT2D eigenvalue weighted by atomic mass is 19.2. The largest absolute Gasteiger partial charge is 0.336 e. The van der Waals surface area contributed by atoms with Gasteiger partial charge in [-0.3, -0.25) is 4.79 Å². The number of nitrogens with one attached hydrogen (secondary N) is 1. The molecule has 3 atom stereocenters. The maximum Gasteiger partial charge on any atom is 0.317 e. The van der Waals surface area contributed by atoms with E-state index in [2.05, 4.69) is 5.32 Å². The maximum atomic E-state index is 13.8. The number of likely N-dealkylation sites (tertiary alicyclic amines) is 2. The summed E-state index contributed by atoms with van der Waals surface area (Å²) in [5.41, 5.74) is 5.96. The van der Waals surface area contributed by atoms with E-state index in [0.717, 1.165) is 38.2 Å². The van der Waals surface area contributed by atoms with E-state index < -0.39 is 23.5 Å². The molecular formula is C22H29F3N4O2. The number of piperazine rings is 1. The second-order valence-corrected chi connectivity index (χ2v) is 9.05. The SMILES string of the molecule is N[C@@H](CC(=O)N1C[C@H]2C[C@H]1CN2C(=O)NC1CCCCC1)Cc1cc(F)c(F)cc1F. The number of hydrogen-bond acceptors (Lipinski definition) is 3. The number of hydrogen-bond donors (Lipinski definition) is 2. The first-order valence-corrected chi connectivity index (χ1v) is 11.1. The van der Waals surface area contributed by atoms with Gasteiger partial charge in [-0.05, 0) is 37.3 Å². The Hall–Kier alpha value is -2.29. The number of fused-ring (bicyclic) bond motifs is 2. The fraction of sp³-hybridized carbons (Fsp3) is 0.636. The molecule has 0 aromatic heterocycles. The van der Waals surface area contributed by atoms with E-state index >= 15 is 0 Å². The number of benzene rings is 1. The van der Waals surface area contributed by atoms with Crippen molar-refractivity contribution in [2.75, 3.05) is 13.1 Å². The molecule has 2 bridgehead atoms. The molecule has 3 N–H and O–H groups in total. The Bertz CT molecular complexity index is 846. The van der Waals surface area contributed by atoms with E-state index in [1.54, 1.807) is 4.90 Å². The van der Waals surface area contributed by atoms with Gasteiger partial charge in [-0.2, -0.15) is 0 Å². The molecule has 2 aliphatic heterocycles. The molecule has 3 fully saturated rings. The summed E-state index contributed by atoms with van der Waals surface area (Å²) in [4.78, 5) is 29.0. The van der Waals surface area contributed by atoms with Crippen LogP contribution >= 0.6 is 0 Å². The average Bonchev–Trinajstić information content (AvgIpc) is 3.34. The smallest absolute Gasteiger partial charge is 0.317 e. The first-order valence-electron chi connectivity index (χ1n) is 11.1. The summed E-state index contributed by atoms with van der Waals surface area (Å²) in [6.07, 6.45) is 6.23. The first-order chi connectivity index (χ1) is 14.8. The highest BCUT2D eigenvalue weighted by Crippen LogP contribution is 2.32. The van der Waals surface area contributed by atoms with Crippen molar-refractivity contribution in [1.29, 1.82) is 0 Å². The van der Waals surface area contributed by atoms with Crippen LogP contribution in [0.2, 0.25) is 0 Å².